The van der Waals surface area contributed by atoms with Crippen LogP contribution in [0.2, 0.25) is 0 Å². The highest BCUT2D eigenvalue weighted by Crippen LogP contribution is 2.30. The first kappa shape index (κ1) is 20.5. The van der Waals surface area contributed by atoms with Crippen molar-refractivity contribution >= 4 is 39.6 Å². The largest absolute Gasteiger partial charge is 0.461 e. The molecule has 2 N–H and O–H groups in total. The normalized spacial score (nSPS) is 12.6. The number of nitrogens with one attached hydrogen (secondary N) is 1. The van der Waals surface area contributed by atoms with Gasteiger partial charge in [-0.05, 0) is 56.4 Å². The lowest BCUT2D eigenvalue weighted by Crippen LogP contribution is -2.39. The molecule has 6 nitrogen and oxygen atoms in total. The Bertz CT molecular complexity index is 1080. The van der Waals surface area contributed by atoms with Crippen LogP contribution in [0, 0.1) is 20.8 Å². The minimum absolute atomic E-state index is 0.0820. The summed E-state index contributed by atoms with van der Waals surface area (Å²) in [4.78, 5) is 24.9. The molecule has 0 saturated carbocycles. The maximum absolute atomic E-state index is 12.5. The van der Waals surface area contributed by atoms with Crippen molar-refractivity contribution in [2.75, 3.05) is 18.6 Å². The van der Waals surface area contributed by atoms with Crippen LogP contribution in [0.25, 0.3) is 21.9 Å². The first-order valence-corrected chi connectivity index (χ1v) is 10.6. The van der Waals surface area contributed by atoms with Crippen LogP contribution in [-0.2, 0) is 11.2 Å². The van der Waals surface area contributed by atoms with E-state index < -0.39 is 5.63 Å². The maximum Gasteiger partial charge on any atom is 0.340 e. The third-order valence-corrected chi connectivity index (χ3v) is 5.82. The highest BCUT2D eigenvalue weighted by atomic mass is 32.2. The number of furan rings is 1. The summed E-state index contributed by atoms with van der Waals surface area (Å²) in [6.45, 7) is 5.58. The topological polar surface area (TPSA) is 92.7 Å². The van der Waals surface area contributed by atoms with Gasteiger partial charge in [0.05, 0.1) is 24.6 Å². The molecule has 0 aliphatic carbocycles. The van der Waals surface area contributed by atoms with E-state index in [0.717, 1.165) is 33.4 Å². The Morgan fingerprint density at radius 2 is 1.82 bits per heavy atom. The molecule has 28 heavy (non-hydrogen) atoms. The minimum atomic E-state index is -0.524. The van der Waals surface area contributed by atoms with Gasteiger partial charge in [0.25, 0.3) is 0 Å². The number of hydrogen-bond acceptors (Lipinski definition) is 6. The van der Waals surface area contributed by atoms with Crippen molar-refractivity contribution in [2.45, 2.75) is 39.7 Å². The lowest BCUT2D eigenvalue weighted by atomic mass is 10.0. The molecule has 1 amide bonds. The van der Waals surface area contributed by atoms with E-state index in [2.05, 4.69) is 5.32 Å². The summed E-state index contributed by atoms with van der Waals surface area (Å²) < 4.78 is 11.2. The molecule has 1 unspecified atom stereocenters. The van der Waals surface area contributed by atoms with Gasteiger partial charge in [0.15, 0.2) is 0 Å². The molecule has 0 aliphatic heterocycles. The fourth-order valence-corrected chi connectivity index (χ4v) is 3.86. The summed E-state index contributed by atoms with van der Waals surface area (Å²) in [7, 11) is 0. The Balaban J connectivity index is 1.95. The summed E-state index contributed by atoms with van der Waals surface area (Å²) in [5.41, 5.74) is 2.71. The number of carbonyl (C=O) groups excluding carboxylic acids is 1. The predicted molar refractivity (Wildman–Crippen MR) is 112 cm³/mol. The molecule has 7 heteroatoms. The van der Waals surface area contributed by atoms with Gasteiger partial charge in [-0.3, -0.25) is 4.79 Å². The van der Waals surface area contributed by atoms with Gasteiger partial charge in [0.1, 0.15) is 16.9 Å². The van der Waals surface area contributed by atoms with Gasteiger partial charge in [-0.1, -0.05) is 0 Å². The minimum Gasteiger partial charge on any atom is -0.461 e. The molecular formula is C21H25NO5S. The Morgan fingerprint density at radius 3 is 2.50 bits per heavy atom. The van der Waals surface area contributed by atoms with E-state index in [1.165, 1.54) is 0 Å². The van der Waals surface area contributed by atoms with Crippen molar-refractivity contribution < 1.29 is 18.7 Å². The summed E-state index contributed by atoms with van der Waals surface area (Å²) in [6, 6.07) is 3.36. The molecule has 0 fully saturated rings. The van der Waals surface area contributed by atoms with Crippen LogP contribution in [-0.4, -0.2) is 35.7 Å². The van der Waals surface area contributed by atoms with Crippen LogP contribution < -0.4 is 10.9 Å². The molecule has 2 aromatic heterocycles. The first-order valence-electron chi connectivity index (χ1n) is 9.20. The zero-order chi connectivity index (χ0) is 20.4. The van der Waals surface area contributed by atoms with Crippen molar-refractivity contribution in [3.63, 3.8) is 0 Å². The van der Waals surface area contributed by atoms with E-state index in [-0.39, 0.29) is 25.0 Å². The van der Waals surface area contributed by atoms with E-state index >= 15 is 0 Å². The Hall–Kier alpha value is -2.25. The third-order valence-electron chi connectivity index (χ3n) is 5.18. The molecule has 1 aromatic carbocycles. The first-order chi connectivity index (χ1) is 13.3. The summed E-state index contributed by atoms with van der Waals surface area (Å²) in [5, 5.41) is 14.0. The number of hydrogen-bond donors (Lipinski definition) is 2. The monoisotopic (exact) mass is 403 g/mol. The fraction of sp³-hybridized carbons (Fsp3) is 0.429. The molecule has 150 valence electrons. The molecule has 0 saturated heterocycles. The van der Waals surface area contributed by atoms with E-state index in [0.29, 0.717) is 23.2 Å². The number of amides is 1. The zero-order valence-electron chi connectivity index (χ0n) is 16.5. The number of aryl methyl sites for hydroxylation is 3. The standard InChI is InChI=1S/C21H25NO5S/c1-11-13(3)26-18-9-19-16(7-15(11)18)12(2)17(21(25)27-19)8-20(24)22-14(10-23)5-6-28-4/h7,9,14,23H,5-6,8,10H2,1-4H3,(H,22,24). The van der Waals surface area contributed by atoms with E-state index in [1.807, 2.05) is 33.1 Å². The molecule has 0 radical (unpaired) electrons. The van der Waals surface area contributed by atoms with Gasteiger partial charge >= 0.3 is 5.63 Å². The smallest absolute Gasteiger partial charge is 0.340 e. The van der Waals surface area contributed by atoms with Gasteiger partial charge < -0.3 is 19.3 Å². The number of fused-ring (bicyclic) bond motifs is 2. The molecule has 3 aromatic rings. The number of benzene rings is 1. The summed E-state index contributed by atoms with van der Waals surface area (Å²) in [5.74, 6) is 1.36. The van der Waals surface area contributed by atoms with Crippen LogP contribution in [0.4, 0.5) is 0 Å². The number of aliphatic hydroxyl groups excluding tert-OH is 1. The van der Waals surface area contributed by atoms with Crippen molar-refractivity contribution in [3.05, 3.63) is 45.0 Å². The molecule has 0 spiro atoms. The second-order valence-corrected chi connectivity index (χ2v) is 8.01. The van der Waals surface area contributed by atoms with E-state index in [9.17, 15) is 14.7 Å². The van der Waals surface area contributed by atoms with Gasteiger partial charge in [0.2, 0.25) is 5.91 Å². The molecule has 3 rings (SSSR count). The van der Waals surface area contributed by atoms with Gasteiger partial charge in [-0.2, -0.15) is 11.8 Å². The Kier molecular flexibility index (Phi) is 6.15. The quantitative estimate of drug-likeness (QED) is 0.589. The lowest BCUT2D eigenvalue weighted by molar-refractivity contribution is -0.121. The highest BCUT2D eigenvalue weighted by Gasteiger charge is 2.19. The second-order valence-electron chi connectivity index (χ2n) is 7.03. The molecular weight excluding hydrogens is 378 g/mol. The predicted octanol–water partition coefficient (Wildman–Crippen LogP) is 3.24. The zero-order valence-corrected chi connectivity index (χ0v) is 17.4. The SMILES string of the molecule is CSCCC(CO)NC(=O)Cc1c(C)c2cc3c(C)c(C)oc3cc2oc1=O. The molecule has 2 heterocycles. The molecule has 0 bridgehead atoms. The number of aliphatic hydroxyl groups is 1. The second kappa shape index (κ2) is 8.41. The van der Waals surface area contributed by atoms with Crippen molar-refractivity contribution in [1.29, 1.82) is 0 Å². The van der Waals surface area contributed by atoms with Crippen LogP contribution in [0.15, 0.2) is 25.8 Å². The van der Waals surface area contributed by atoms with Gasteiger partial charge in [-0.15, -0.1) is 0 Å². The van der Waals surface area contributed by atoms with Gasteiger partial charge in [-0.25, -0.2) is 4.79 Å². The number of thioether (sulfide) groups is 1. The van der Waals surface area contributed by atoms with Crippen LogP contribution >= 0.6 is 11.8 Å². The highest BCUT2D eigenvalue weighted by molar-refractivity contribution is 7.98. The Morgan fingerprint density at radius 1 is 1.14 bits per heavy atom. The number of rotatable bonds is 7. The van der Waals surface area contributed by atoms with E-state index in [4.69, 9.17) is 8.83 Å². The fourth-order valence-electron chi connectivity index (χ4n) is 3.34. The van der Waals surface area contributed by atoms with Crippen molar-refractivity contribution in [1.82, 2.24) is 5.32 Å². The molecule has 1 atom stereocenters. The van der Waals surface area contributed by atoms with Gasteiger partial charge in [0, 0.05) is 16.8 Å². The van der Waals surface area contributed by atoms with Crippen LogP contribution in [0.1, 0.15) is 28.9 Å². The third kappa shape index (κ3) is 3.95. The van der Waals surface area contributed by atoms with Crippen LogP contribution in [0.5, 0.6) is 0 Å². The average molecular weight is 404 g/mol. The average Bonchev–Trinajstić information content (AvgIpc) is 2.94. The summed E-state index contributed by atoms with van der Waals surface area (Å²) >= 11 is 1.65. The lowest BCUT2D eigenvalue weighted by Gasteiger charge is -2.16. The number of carbonyl (C=O) groups is 1. The van der Waals surface area contributed by atoms with Crippen molar-refractivity contribution in [2.24, 2.45) is 0 Å². The van der Waals surface area contributed by atoms with E-state index in [1.54, 1.807) is 17.8 Å². The van der Waals surface area contributed by atoms with Crippen molar-refractivity contribution in [3.8, 4) is 0 Å². The maximum atomic E-state index is 12.5. The van der Waals surface area contributed by atoms with Crippen LogP contribution in [0.3, 0.4) is 0 Å². The Labute approximate surface area is 167 Å². The molecule has 0 aliphatic rings. The summed E-state index contributed by atoms with van der Waals surface area (Å²) in [6.07, 6.45) is 2.56.